The summed E-state index contributed by atoms with van der Waals surface area (Å²) in [5, 5.41) is 21.0. The maximum absolute atomic E-state index is 9.54. The van der Waals surface area contributed by atoms with Crippen LogP contribution in [0.1, 0.15) is 51.1 Å². The number of rotatable bonds is 9. The number of ether oxygens (including phenoxy) is 1. The average Bonchev–Trinajstić information content (AvgIpc) is 3.26. The SMILES string of the molecule is CCNC(=NCc1ccn(-c2ccc(OC)cc2)n1)NCC1(CCO)CCCCC1. The van der Waals surface area contributed by atoms with E-state index >= 15 is 0 Å². The first-order valence-electron chi connectivity index (χ1n) is 11.0. The summed E-state index contributed by atoms with van der Waals surface area (Å²) in [7, 11) is 1.66. The zero-order chi connectivity index (χ0) is 21.2. The zero-order valence-electron chi connectivity index (χ0n) is 18.2. The van der Waals surface area contributed by atoms with Gasteiger partial charge in [0.15, 0.2) is 5.96 Å². The van der Waals surface area contributed by atoms with Gasteiger partial charge in [-0.15, -0.1) is 0 Å². The molecule has 1 heterocycles. The number of methoxy groups -OCH3 is 1. The molecule has 3 N–H and O–H groups in total. The van der Waals surface area contributed by atoms with Crippen LogP contribution in [-0.4, -0.2) is 47.7 Å². The second kappa shape index (κ2) is 11.0. The lowest BCUT2D eigenvalue weighted by Gasteiger charge is -2.37. The number of aromatic nitrogens is 2. The third-order valence-corrected chi connectivity index (χ3v) is 5.91. The summed E-state index contributed by atoms with van der Waals surface area (Å²) in [4.78, 5) is 4.73. The van der Waals surface area contributed by atoms with Crippen molar-refractivity contribution in [1.82, 2.24) is 20.4 Å². The molecule has 1 aromatic heterocycles. The van der Waals surface area contributed by atoms with Crippen molar-refractivity contribution in [3.05, 3.63) is 42.2 Å². The first kappa shape index (κ1) is 22.2. The van der Waals surface area contributed by atoms with Gasteiger partial charge >= 0.3 is 0 Å². The van der Waals surface area contributed by atoms with Crippen molar-refractivity contribution in [1.29, 1.82) is 0 Å². The Morgan fingerprint density at radius 1 is 1.17 bits per heavy atom. The molecular weight excluding hydrogens is 378 g/mol. The normalized spacial score (nSPS) is 16.3. The highest BCUT2D eigenvalue weighted by atomic mass is 16.5. The van der Waals surface area contributed by atoms with E-state index in [1.54, 1.807) is 7.11 Å². The molecule has 0 radical (unpaired) electrons. The van der Waals surface area contributed by atoms with E-state index in [1.165, 1.54) is 32.1 Å². The molecule has 0 unspecified atom stereocenters. The Labute approximate surface area is 179 Å². The summed E-state index contributed by atoms with van der Waals surface area (Å²) >= 11 is 0. The number of guanidine groups is 1. The number of aliphatic imine (C=N–C) groups is 1. The summed E-state index contributed by atoms with van der Waals surface area (Å²) in [5.41, 5.74) is 2.07. The molecule has 0 amide bonds. The van der Waals surface area contributed by atoms with Crippen LogP contribution in [0.4, 0.5) is 0 Å². The van der Waals surface area contributed by atoms with Crippen LogP contribution in [0.25, 0.3) is 5.69 Å². The van der Waals surface area contributed by atoms with Crippen LogP contribution in [0.15, 0.2) is 41.5 Å². The monoisotopic (exact) mass is 413 g/mol. The van der Waals surface area contributed by atoms with E-state index in [-0.39, 0.29) is 12.0 Å². The summed E-state index contributed by atoms with van der Waals surface area (Å²) in [5.74, 6) is 1.63. The molecule has 3 rings (SSSR count). The fourth-order valence-corrected chi connectivity index (χ4v) is 4.15. The van der Waals surface area contributed by atoms with Gasteiger partial charge in [0.1, 0.15) is 5.75 Å². The van der Waals surface area contributed by atoms with E-state index in [0.29, 0.717) is 6.54 Å². The fourth-order valence-electron chi connectivity index (χ4n) is 4.15. The summed E-state index contributed by atoms with van der Waals surface area (Å²) in [6, 6.07) is 9.81. The molecule has 1 aliphatic carbocycles. The molecule has 0 bridgehead atoms. The van der Waals surface area contributed by atoms with Crippen molar-refractivity contribution in [3.63, 3.8) is 0 Å². The van der Waals surface area contributed by atoms with Gasteiger partial charge < -0.3 is 20.5 Å². The van der Waals surface area contributed by atoms with Gasteiger partial charge in [-0.05, 0) is 61.9 Å². The fraction of sp³-hybridized carbons (Fsp3) is 0.565. The molecule has 7 nitrogen and oxygen atoms in total. The van der Waals surface area contributed by atoms with Crippen LogP contribution in [0.5, 0.6) is 5.75 Å². The number of benzene rings is 1. The maximum atomic E-state index is 9.54. The van der Waals surface area contributed by atoms with E-state index in [2.05, 4.69) is 22.7 Å². The number of aliphatic hydroxyl groups is 1. The summed E-state index contributed by atoms with van der Waals surface area (Å²) in [6.07, 6.45) is 8.95. The van der Waals surface area contributed by atoms with E-state index in [9.17, 15) is 5.11 Å². The molecule has 30 heavy (non-hydrogen) atoms. The average molecular weight is 414 g/mol. The van der Waals surface area contributed by atoms with Crippen molar-refractivity contribution in [2.45, 2.75) is 52.0 Å². The van der Waals surface area contributed by atoms with Gasteiger partial charge in [-0.3, -0.25) is 0 Å². The Morgan fingerprint density at radius 3 is 2.60 bits per heavy atom. The zero-order valence-corrected chi connectivity index (χ0v) is 18.2. The molecule has 1 aromatic carbocycles. The van der Waals surface area contributed by atoms with Crippen molar-refractivity contribution >= 4 is 5.96 Å². The standard InChI is InChI=1S/C23H35N5O2/c1-3-24-22(26-18-23(14-16-29)12-5-4-6-13-23)25-17-19-11-15-28(27-19)20-7-9-21(30-2)10-8-20/h7-11,15,29H,3-6,12-14,16-18H2,1-2H3,(H2,24,25,26). The van der Waals surface area contributed by atoms with Crippen LogP contribution in [0.3, 0.4) is 0 Å². The van der Waals surface area contributed by atoms with Crippen LogP contribution in [0, 0.1) is 5.41 Å². The Balaban J connectivity index is 1.62. The first-order valence-corrected chi connectivity index (χ1v) is 11.0. The van der Waals surface area contributed by atoms with Crippen LogP contribution < -0.4 is 15.4 Å². The topological polar surface area (TPSA) is 83.7 Å². The minimum atomic E-state index is 0.180. The summed E-state index contributed by atoms with van der Waals surface area (Å²) < 4.78 is 7.06. The minimum Gasteiger partial charge on any atom is -0.497 e. The number of aliphatic hydroxyl groups excluding tert-OH is 1. The van der Waals surface area contributed by atoms with E-state index in [0.717, 1.165) is 42.6 Å². The minimum absolute atomic E-state index is 0.180. The molecule has 0 spiro atoms. The number of nitrogens with one attached hydrogen (secondary N) is 2. The van der Waals surface area contributed by atoms with Crippen LogP contribution >= 0.6 is 0 Å². The molecule has 1 aliphatic rings. The Morgan fingerprint density at radius 2 is 1.93 bits per heavy atom. The molecule has 7 heteroatoms. The first-order chi connectivity index (χ1) is 14.7. The lowest BCUT2D eigenvalue weighted by atomic mass is 9.72. The molecule has 1 fully saturated rings. The highest BCUT2D eigenvalue weighted by molar-refractivity contribution is 5.79. The molecule has 0 aliphatic heterocycles. The quantitative estimate of drug-likeness (QED) is 0.434. The van der Waals surface area contributed by atoms with E-state index in [1.807, 2.05) is 41.2 Å². The third-order valence-electron chi connectivity index (χ3n) is 5.91. The molecule has 164 valence electrons. The number of hydrogen-bond acceptors (Lipinski definition) is 4. The Hall–Kier alpha value is -2.54. The van der Waals surface area contributed by atoms with Gasteiger partial charge in [0, 0.05) is 25.9 Å². The lowest BCUT2D eigenvalue weighted by molar-refractivity contribution is 0.131. The second-order valence-electron chi connectivity index (χ2n) is 8.03. The molecule has 1 saturated carbocycles. The van der Waals surface area contributed by atoms with Crippen LogP contribution in [-0.2, 0) is 6.54 Å². The highest BCUT2D eigenvalue weighted by Gasteiger charge is 2.31. The molecule has 0 saturated heterocycles. The van der Waals surface area contributed by atoms with Gasteiger partial charge in [0.05, 0.1) is 25.0 Å². The highest BCUT2D eigenvalue weighted by Crippen LogP contribution is 2.38. The van der Waals surface area contributed by atoms with Gasteiger partial charge in [-0.2, -0.15) is 5.10 Å². The largest absolute Gasteiger partial charge is 0.497 e. The number of nitrogens with zero attached hydrogens (tertiary/aromatic N) is 3. The third kappa shape index (κ3) is 5.98. The number of hydrogen-bond donors (Lipinski definition) is 3. The Bertz CT molecular complexity index is 789. The van der Waals surface area contributed by atoms with Crippen molar-refractivity contribution in [3.8, 4) is 11.4 Å². The predicted molar refractivity (Wildman–Crippen MR) is 120 cm³/mol. The molecular formula is C23H35N5O2. The van der Waals surface area contributed by atoms with Gasteiger partial charge in [-0.25, -0.2) is 9.67 Å². The van der Waals surface area contributed by atoms with Gasteiger partial charge in [0.25, 0.3) is 0 Å². The smallest absolute Gasteiger partial charge is 0.191 e. The summed E-state index contributed by atoms with van der Waals surface area (Å²) in [6.45, 7) is 4.47. The lowest BCUT2D eigenvalue weighted by Crippen LogP contribution is -2.45. The van der Waals surface area contributed by atoms with Crippen LogP contribution in [0.2, 0.25) is 0 Å². The van der Waals surface area contributed by atoms with Crippen molar-refractivity contribution < 1.29 is 9.84 Å². The maximum Gasteiger partial charge on any atom is 0.191 e. The van der Waals surface area contributed by atoms with Crippen molar-refractivity contribution in [2.75, 3.05) is 26.8 Å². The Kier molecular flexibility index (Phi) is 8.13. The molecule has 0 atom stereocenters. The van der Waals surface area contributed by atoms with Gasteiger partial charge in [-0.1, -0.05) is 19.3 Å². The predicted octanol–water partition coefficient (Wildman–Crippen LogP) is 3.27. The van der Waals surface area contributed by atoms with Crippen molar-refractivity contribution in [2.24, 2.45) is 10.4 Å². The van der Waals surface area contributed by atoms with Gasteiger partial charge in [0.2, 0.25) is 0 Å². The second-order valence-corrected chi connectivity index (χ2v) is 8.03. The van der Waals surface area contributed by atoms with E-state index in [4.69, 9.17) is 9.73 Å². The van der Waals surface area contributed by atoms with E-state index < -0.39 is 0 Å². The molecule has 2 aromatic rings.